The van der Waals surface area contributed by atoms with E-state index in [2.05, 4.69) is 23.1 Å². The summed E-state index contributed by atoms with van der Waals surface area (Å²) in [6.45, 7) is 6.46. The highest BCUT2D eigenvalue weighted by Crippen LogP contribution is 2.33. The predicted molar refractivity (Wildman–Crippen MR) is 96.9 cm³/mol. The fraction of sp³-hybridized carbons (Fsp3) is 0.389. The Labute approximate surface area is 146 Å². The van der Waals surface area contributed by atoms with Crippen molar-refractivity contribution in [3.05, 3.63) is 46.3 Å². The summed E-state index contributed by atoms with van der Waals surface area (Å²) in [6, 6.07) is 12.3. The summed E-state index contributed by atoms with van der Waals surface area (Å²) in [5.74, 6) is 0.266. The summed E-state index contributed by atoms with van der Waals surface area (Å²) in [5, 5.41) is 0.799. The average molecular weight is 349 g/mol. The van der Waals surface area contributed by atoms with Crippen LogP contribution in [-0.4, -0.2) is 41.9 Å². The molecule has 0 unspecified atom stereocenters. The maximum atomic E-state index is 11.7. The van der Waals surface area contributed by atoms with Crippen molar-refractivity contribution in [1.82, 2.24) is 9.80 Å². The molecule has 1 aliphatic rings. The monoisotopic (exact) mass is 348 g/mol. The summed E-state index contributed by atoms with van der Waals surface area (Å²) in [4.78, 5) is 18.7. The number of piperazine rings is 1. The highest BCUT2D eigenvalue weighted by atomic mass is 35.5. The van der Waals surface area contributed by atoms with E-state index in [9.17, 15) is 4.79 Å². The highest BCUT2D eigenvalue weighted by Gasteiger charge is 2.20. The molecule has 1 saturated heterocycles. The van der Waals surface area contributed by atoms with Gasteiger partial charge in [0.2, 0.25) is 5.91 Å². The van der Waals surface area contributed by atoms with Crippen molar-refractivity contribution < 1.29 is 4.79 Å². The molecule has 23 heavy (non-hydrogen) atoms. The van der Waals surface area contributed by atoms with Gasteiger partial charge in [-0.2, -0.15) is 0 Å². The Balaban J connectivity index is 1.60. The zero-order valence-electron chi connectivity index (χ0n) is 13.3. The first-order valence-electron chi connectivity index (χ1n) is 8.01. The second-order valence-corrected chi connectivity index (χ2v) is 7.33. The molecule has 1 aromatic carbocycles. The Morgan fingerprint density at radius 3 is 2.57 bits per heavy atom. The van der Waals surface area contributed by atoms with Gasteiger partial charge in [-0.05, 0) is 18.2 Å². The van der Waals surface area contributed by atoms with Crippen LogP contribution in [0.15, 0.2) is 36.4 Å². The van der Waals surface area contributed by atoms with E-state index in [1.54, 1.807) is 11.3 Å². The van der Waals surface area contributed by atoms with Gasteiger partial charge in [-0.15, -0.1) is 11.3 Å². The summed E-state index contributed by atoms with van der Waals surface area (Å²) in [5.41, 5.74) is 1.10. The van der Waals surface area contributed by atoms with Crippen molar-refractivity contribution in [2.75, 3.05) is 26.2 Å². The number of nitrogens with zero attached hydrogens (tertiary/aromatic N) is 2. The standard InChI is InChI=1S/C18H21ClN2OS/c1-2-18(22)21-11-9-20(10-12-21)13-14-7-8-17(23-14)15-5-3-4-6-16(15)19/h3-8H,2,9-13H2,1H3. The van der Waals surface area contributed by atoms with E-state index in [4.69, 9.17) is 11.6 Å². The van der Waals surface area contributed by atoms with Crippen molar-refractivity contribution >= 4 is 28.8 Å². The third-order valence-electron chi connectivity index (χ3n) is 4.21. The van der Waals surface area contributed by atoms with Crippen LogP contribution in [0.4, 0.5) is 0 Å². The van der Waals surface area contributed by atoms with Gasteiger partial charge in [-0.3, -0.25) is 9.69 Å². The molecule has 1 amide bonds. The minimum atomic E-state index is 0.266. The first-order valence-corrected chi connectivity index (χ1v) is 9.20. The fourth-order valence-corrected chi connectivity index (χ4v) is 4.25. The van der Waals surface area contributed by atoms with Gasteiger partial charge in [0.05, 0.1) is 0 Å². The lowest BCUT2D eigenvalue weighted by Crippen LogP contribution is -2.48. The molecule has 0 saturated carbocycles. The van der Waals surface area contributed by atoms with E-state index in [0.717, 1.165) is 43.3 Å². The number of rotatable bonds is 4. The lowest BCUT2D eigenvalue weighted by atomic mass is 10.2. The summed E-state index contributed by atoms with van der Waals surface area (Å²) in [7, 11) is 0. The molecule has 0 atom stereocenters. The van der Waals surface area contributed by atoms with Gasteiger partial charge in [0, 0.05) is 59.5 Å². The van der Waals surface area contributed by atoms with Gasteiger partial charge < -0.3 is 4.90 Å². The Morgan fingerprint density at radius 1 is 1.13 bits per heavy atom. The minimum absolute atomic E-state index is 0.266. The number of hydrogen-bond acceptors (Lipinski definition) is 3. The van der Waals surface area contributed by atoms with Crippen molar-refractivity contribution in [3.8, 4) is 10.4 Å². The van der Waals surface area contributed by atoms with Crippen LogP contribution in [0.5, 0.6) is 0 Å². The third kappa shape index (κ3) is 3.94. The molecule has 1 aromatic heterocycles. The van der Waals surface area contributed by atoms with E-state index in [1.165, 1.54) is 9.75 Å². The van der Waals surface area contributed by atoms with E-state index in [0.29, 0.717) is 6.42 Å². The molecule has 5 heteroatoms. The van der Waals surface area contributed by atoms with E-state index in [-0.39, 0.29) is 5.91 Å². The quantitative estimate of drug-likeness (QED) is 0.829. The Morgan fingerprint density at radius 2 is 1.87 bits per heavy atom. The van der Waals surface area contributed by atoms with Crippen molar-refractivity contribution in [2.24, 2.45) is 0 Å². The van der Waals surface area contributed by atoms with Crippen molar-refractivity contribution in [3.63, 3.8) is 0 Å². The summed E-state index contributed by atoms with van der Waals surface area (Å²) >= 11 is 8.08. The fourth-order valence-electron chi connectivity index (χ4n) is 2.87. The number of carbonyl (C=O) groups is 1. The molecular weight excluding hydrogens is 328 g/mol. The van der Waals surface area contributed by atoms with Gasteiger partial charge in [-0.25, -0.2) is 0 Å². The largest absolute Gasteiger partial charge is 0.340 e. The van der Waals surface area contributed by atoms with Gasteiger partial charge in [0.25, 0.3) is 0 Å². The molecule has 2 aromatic rings. The third-order valence-corrected chi connectivity index (χ3v) is 5.64. The van der Waals surface area contributed by atoms with Crippen molar-refractivity contribution in [1.29, 1.82) is 0 Å². The zero-order valence-corrected chi connectivity index (χ0v) is 14.9. The van der Waals surface area contributed by atoms with Crippen LogP contribution in [0, 0.1) is 0 Å². The van der Waals surface area contributed by atoms with Gasteiger partial charge >= 0.3 is 0 Å². The number of halogens is 1. The smallest absolute Gasteiger partial charge is 0.222 e. The van der Waals surface area contributed by atoms with E-state index >= 15 is 0 Å². The predicted octanol–water partition coefficient (Wildman–Crippen LogP) is 4.12. The molecule has 0 bridgehead atoms. The van der Waals surface area contributed by atoms with Crippen LogP contribution < -0.4 is 0 Å². The van der Waals surface area contributed by atoms with Gasteiger partial charge in [0.1, 0.15) is 0 Å². The first kappa shape index (κ1) is 16.5. The van der Waals surface area contributed by atoms with Crippen LogP contribution in [0.3, 0.4) is 0 Å². The number of benzene rings is 1. The Hall–Kier alpha value is -1.36. The van der Waals surface area contributed by atoms with Crippen LogP contribution in [-0.2, 0) is 11.3 Å². The molecule has 0 aliphatic carbocycles. The number of thiophene rings is 1. The van der Waals surface area contributed by atoms with Gasteiger partial charge in [-0.1, -0.05) is 36.7 Å². The van der Waals surface area contributed by atoms with Crippen LogP contribution in [0.25, 0.3) is 10.4 Å². The average Bonchev–Trinajstić information content (AvgIpc) is 3.03. The Bertz CT molecular complexity index is 677. The van der Waals surface area contributed by atoms with Crippen LogP contribution >= 0.6 is 22.9 Å². The zero-order chi connectivity index (χ0) is 16.2. The van der Waals surface area contributed by atoms with Crippen LogP contribution in [0.1, 0.15) is 18.2 Å². The lowest BCUT2D eigenvalue weighted by Gasteiger charge is -2.34. The maximum absolute atomic E-state index is 11.7. The maximum Gasteiger partial charge on any atom is 0.222 e. The van der Waals surface area contributed by atoms with E-state index in [1.807, 2.05) is 30.0 Å². The lowest BCUT2D eigenvalue weighted by molar-refractivity contribution is -0.132. The van der Waals surface area contributed by atoms with Crippen LogP contribution in [0.2, 0.25) is 5.02 Å². The number of hydrogen-bond donors (Lipinski definition) is 0. The number of amides is 1. The summed E-state index contributed by atoms with van der Waals surface area (Å²) < 4.78 is 0. The second kappa shape index (κ2) is 7.47. The molecule has 1 fully saturated rings. The second-order valence-electron chi connectivity index (χ2n) is 5.76. The normalized spacial score (nSPS) is 15.8. The molecule has 2 heterocycles. The van der Waals surface area contributed by atoms with Gasteiger partial charge in [0.15, 0.2) is 0 Å². The molecule has 122 valence electrons. The topological polar surface area (TPSA) is 23.6 Å². The molecule has 0 spiro atoms. The molecule has 3 rings (SSSR count). The molecular formula is C18H21ClN2OS. The minimum Gasteiger partial charge on any atom is -0.340 e. The first-order chi connectivity index (χ1) is 11.2. The van der Waals surface area contributed by atoms with E-state index < -0.39 is 0 Å². The molecule has 0 radical (unpaired) electrons. The molecule has 3 nitrogen and oxygen atoms in total. The SMILES string of the molecule is CCC(=O)N1CCN(Cc2ccc(-c3ccccc3Cl)s2)CC1. The highest BCUT2D eigenvalue weighted by molar-refractivity contribution is 7.15. The summed E-state index contributed by atoms with van der Waals surface area (Å²) in [6.07, 6.45) is 0.603. The number of carbonyl (C=O) groups excluding carboxylic acids is 1. The molecule has 0 N–H and O–H groups in total. The van der Waals surface area contributed by atoms with Crippen molar-refractivity contribution in [2.45, 2.75) is 19.9 Å². The Kier molecular flexibility index (Phi) is 5.36. The molecule has 1 aliphatic heterocycles.